The van der Waals surface area contributed by atoms with Gasteiger partial charge >= 0.3 is 0 Å². The van der Waals surface area contributed by atoms with Gasteiger partial charge in [-0.3, -0.25) is 9.20 Å². The molecule has 0 atom stereocenters. The molecule has 6 nitrogen and oxygen atoms in total. The van der Waals surface area contributed by atoms with E-state index in [1.165, 1.54) is 59.3 Å². The first kappa shape index (κ1) is 17.6. The Morgan fingerprint density at radius 2 is 2.04 bits per heavy atom. The quantitative estimate of drug-likeness (QED) is 0.510. The number of amides is 1. The molecular formula is C19H16FN5OS2. The fourth-order valence-corrected chi connectivity index (χ4v) is 5.42. The summed E-state index contributed by atoms with van der Waals surface area (Å²) in [7, 11) is 0. The van der Waals surface area contributed by atoms with Gasteiger partial charge < -0.3 is 5.32 Å². The number of benzene rings is 1. The van der Waals surface area contributed by atoms with Crippen LogP contribution in [0.2, 0.25) is 0 Å². The summed E-state index contributed by atoms with van der Waals surface area (Å²) in [6.45, 7) is 0. The smallest absolute Gasteiger partial charge is 0.234 e. The van der Waals surface area contributed by atoms with Gasteiger partial charge in [-0.2, -0.15) is 0 Å². The highest BCUT2D eigenvalue weighted by atomic mass is 32.2. The molecule has 0 unspecified atom stereocenters. The molecule has 9 heteroatoms. The van der Waals surface area contributed by atoms with Gasteiger partial charge in [0.05, 0.1) is 11.1 Å². The summed E-state index contributed by atoms with van der Waals surface area (Å²) < 4.78 is 14.8. The van der Waals surface area contributed by atoms with Gasteiger partial charge in [-0.05, 0) is 55.5 Å². The standard InChI is InChI=1S/C19H16FN5OS2/c20-11-5-7-12(8-6-11)22-15(26)9-27-19-24-23-17-16-13-3-1-2-4-14(13)28-18(16)21-10-25(17)19/h5-8,10H,1-4,9H2,(H,22,26). The van der Waals surface area contributed by atoms with E-state index in [1.807, 2.05) is 4.40 Å². The van der Waals surface area contributed by atoms with Crippen LogP contribution in [0.4, 0.5) is 10.1 Å². The molecule has 0 aliphatic heterocycles. The summed E-state index contributed by atoms with van der Waals surface area (Å²) in [4.78, 5) is 19.2. The van der Waals surface area contributed by atoms with Crippen LogP contribution in [0.25, 0.3) is 15.9 Å². The number of carbonyl (C=O) groups excluding carboxylic acids is 1. The molecule has 1 aliphatic rings. The van der Waals surface area contributed by atoms with Gasteiger partial charge in [0.1, 0.15) is 17.0 Å². The van der Waals surface area contributed by atoms with E-state index in [9.17, 15) is 9.18 Å². The maximum atomic E-state index is 13.0. The number of anilines is 1. The van der Waals surface area contributed by atoms with Gasteiger partial charge in [-0.1, -0.05) is 11.8 Å². The van der Waals surface area contributed by atoms with E-state index < -0.39 is 0 Å². The lowest BCUT2D eigenvalue weighted by atomic mass is 9.97. The Bertz CT molecular complexity index is 1180. The van der Waals surface area contributed by atoms with Gasteiger partial charge in [0, 0.05) is 10.6 Å². The average molecular weight is 414 g/mol. The van der Waals surface area contributed by atoms with Crippen molar-refractivity contribution in [1.82, 2.24) is 19.6 Å². The predicted molar refractivity (Wildman–Crippen MR) is 109 cm³/mol. The first-order valence-corrected chi connectivity index (χ1v) is 10.8. The van der Waals surface area contributed by atoms with Crippen LogP contribution < -0.4 is 5.32 Å². The molecule has 0 spiro atoms. The summed E-state index contributed by atoms with van der Waals surface area (Å²) >= 11 is 3.06. The number of hydrogen-bond donors (Lipinski definition) is 1. The lowest BCUT2D eigenvalue weighted by Crippen LogP contribution is -2.14. The molecule has 1 aromatic carbocycles. The highest BCUT2D eigenvalue weighted by Gasteiger charge is 2.21. The van der Waals surface area contributed by atoms with Gasteiger partial charge in [0.15, 0.2) is 10.8 Å². The minimum atomic E-state index is -0.336. The third kappa shape index (κ3) is 3.14. The van der Waals surface area contributed by atoms with Gasteiger partial charge in [0.25, 0.3) is 0 Å². The van der Waals surface area contributed by atoms with E-state index in [0.717, 1.165) is 28.7 Å². The summed E-state index contributed by atoms with van der Waals surface area (Å²) in [5.41, 5.74) is 2.74. The van der Waals surface area contributed by atoms with Gasteiger partial charge in [-0.15, -0.1) is 21.5 Å². The predicted octanol–water partition coefficient (Wildman–Crippen LogP) is 4.09. The van der Waals surface area contributed by atoms with E-state index in [0.29, 0.717) is 10.8 Å². The van der Waals surface area contributed by atoms with Crippen molar-refractivity contribution in [2.24, 2.45) is 0 Å². The summed E-state index contributed by atoms with van der Waals surface area (Å²) in [5, 5.41) is 13.2. The molecular weight excluding hydrogens is 397 g/mol. The van der Waals surface area contributed by atoms with Crippen molar-refractivity contribution < 1.29 is 9.18 Å². The van der Waals surface area contributed by atoms with Crippen LogP contribution in [-0.2, 0) is 17.6 Å². The third-order valence-corrected chi connectivity index (χ3v) is 6.93. The van der Waals surface area contributed by atoms with Crippen molar-refractivity contribution in [3.05, 3.63) is 46.9 Å². The number of thioether (sulfide) groups is 1. The Kier molecular flexibility index (Phi) is 4.48. The first-order valence-electron chi connectivity index (χ1n) is 9.01. The zero-order valence-corrected chi connectivity index (χ0v) is 16.4. The fourth-order valence-electron chi connectivity index (χ4n) is 3.49. The molecule has 0 saturated heterocycles. The lowest BCUT2D eigenvalue weighted by Gasteiger charge is -2.10. The molecule has 0 fully saturated rings. The molecule has 3 aromatic heterocycles. The number of halogens is 1. The van der Waals surface area contributed by atoms with Crippen LogP contribution in [0.3, 0.4) is 0 Å². The molecule has 0 saturated carbocycles. The monoisotopic (exact) mass is 413 g/mol. The minimum absolute atomic E-state index is 0.179. The van der Waals surface area contributed by atoms with E-state index in [2.05, 4.69) is 20.5 Å². The van der Waals surface area contributed by atoms with E-state index in [4.69, 9.17) is 0 Å². The lowest BCUT2D eigenvalue weighted by molar-refractivity contribution is -0.113. The number of nitrogens with one attached hydrogen (secondary N) is 1. The molecule has 4 aromatic rings. The number of thiophene rings is 1. The van der Waals surface area contributed by atoms with Crippen molar-refractivity contribution in [2.75, 3.05) is 11.1 Å². The first-order chi connectivity index (χ1) is 13.7. The average Bonchev–Trinajstić information content (AvgIpc) is 3.28. The number of aromatic nitrogens is 4. The Morgan fingerprint density at radius 3 is 2.89 bits per heavy atom. The van der Waals surface area contributed by atoms with Crippen LogP contribution in [0.5, 0.6) is 0 Å². The second kappa shape index (κ2) is 7.14. The summed E-state index contributed by atoms with van der Waals surface area (Å²) in [6.07, 6.45) is 6.33. The second-order valence-electron chi connectivity index (χ2n) is 6.66. The molecule has 28 heavy (non-hydrogen) atoms. The molecule has 1 aliphatic carbocycles. The second-order valence-corrected chi connectivity index (χ2v) is 8.68. The van der Waals surface area contributed by atoms with Crippen molar-refractivity contribution in [3.8, 4) is 0 Å². The Labute approximate surface area is 168 Å². The van der Waals surface area contributed by atoms with Crippen molar-refractivity contribution in [2.45, 2.75) is 30.8 Å². The zero-order valence-electron chi connectivity index (χ0n) is 14.8. The maximum Gasteiger partial charge on any atom is 0.234 e. The van der Waals surface area contributed by atoms with Crippen LogP contribution >= 0.6 is 23.1 Å². The van der Waals surface area contributed by atoms with Gasteiger partial charge in [0.2, 0.25) is 5.91 Å². The summed E-state index contributed by atoms with van der Waals surface area (Å²) in [5.74, 6) is -0.343. The number of rotatable bonds is 4. The van der Waals surface area contributed by atoms with Crippen LogP contribution in [-0.4, -0.2) is 31.2 Å². The maximum absolute atomic E-state index is 13.0. The molecule has 142 valence electrons. The molecule has 1 amide bonds. The highest BCUT2D eigenvalue weighted by molar-refractivity contribution is 7.99. The van der Waals surface area contributed by atoms with Crippen molar-refractivity contribution >= 4 is 50.6 Å². The fraction of sp³-hybridized carbons (Fsp3) is 0.263. The van der Waals surface area contributed by atoms with E-state index >= 15 is 0 Å². The molecule has 1 N–H and O–H groups in total. The molecule has 0 bridgehead atoms. The number of nitrogens with zero attached hydrogens (tertiary/aromatic N) is 4. The zero-order chi connectivity index (χ0) is 19.1. The van der Waals surface area contributed by atoms with Crippen molar-refractivity contribution in [1.29, 1.82) is 0 Å². The van der Waals surface area contributed by atoms with Crippen LogP contribution in [0.1, 0.15) is 23.3 Å². The minimum Gasteiger partial charge on any atom is -0.325 e. The number of aryl methyl sites for hydroxylation is 2. The van der Waals surface area contributed by atoms with E-state index in [1.54, 1.807) is 17.7 Å². The third-order valence-electron chi connectivity index (χ3n) is 4.79. The van der Waals surface area contributed by atoms with Crippen LogP contribution in [0, 0.1) is 5.82 Å². The topological polar surface area (TPSA) is 72.2 Å². The number of carbonyl (C=O) groups is 1. The Hall–Kier alpha value is -2.52. The van der Waals surface area contributed by atoms with Gasteiger partial charge in [-0.25, -0.2) is 9.37 Å². The largest absolute Gasteiger partial charge is 0.325 e. The Morgan fingerprint density at radius 1 is 1.21 bits per heavy atom. The SMILES string of the molecule is O=C(CSc1nnc2c3c4c(sc3ncn12)CCCC4)Nc1ccc(F)cc1. The Balaban J connectivity index is 1.37. The molecule has 0 radical (unpaired) electrons. The highest BCUT2D eigenvalue weighted by Crippen LogP contribution is 2.37. The number of fused-ring (bicyclic) bond motifs is 5. The normalized spacial score (nSPS) is 13.8. The van der Waals surface area contributed by atoms with Crippen LogP contribution in [0.15, 0.2) is 35.7 Å². The number of hydrogen-bond acceptors (Lipinski definition) is 6. The molecule has 3 heterocycles. The molecule has 5 rings (SSSR count). The van der Waals surface area contributed by atoms with E-state index in [-0.39, 0.29) is 17.5 Å². The summed E-state index contributed by atoms with van der Waals surface area (Å²) in [6, 6.07) is 5.69. The van der Waals surface area contributed by atoms with Crippen molar-refractivity contribution in [3.63, 3.8) is 0 Å².